The molecule has 7 rings (SSSR count). The van der Waals surface area contributed by atoms with Gasteiger partial charge < -0.3 is 18.9 Å². The summed E-state index contributed by atoms with van der Waals surface area (Å²) in [4.78, 5) is 40.5. The Kier molecular flexibility index (Phi) is 9.12. The first kappa shape index (κ1) is 32.2. The molecule has 0 aliphatic carbocycles. The van der Waals surface area contributed by atoms with Gasteiger partial charge in [-0.15, -0.1) is 11.3 Å². The zero-order valence-corrected chi connectivity index (χ0v) is 28.2. The fraction of sp³-hybridized carbons (Fsp3) is 0.353. The van der Waals surface area contributed by atoms with E-state index in [1.165, 1.54) is 27.9 Å². The summed E-state index contributed by atoms with van der Waals surface area (Å²) >= 11 is 1.36. The monoisotopic (exact) mass is 690 g/mol. The molecule has 0 radical (unpaired) electrons. The molecule has 0 spiro atoms. The van der Waals surface area contributed by atoms with Crippen LogP contribution in [0.4, 0.5) is 10.2 Å². The number of fused-ring (bicyclic) bond motifs is 1. The highest BCUT2D eigenvalue weighted by Gasteiger charge is 2.31. The van der Waals surface area contributed by atoms with E-state index in [-0.39, 0.29) is 54.3 Å². The van der Waals surface area contributed by atoms with Crippen LogP contribution in [-0.4, -0.2) is 71.5 Å². The number of carbonyl (C=O) groups excluding carboxylic acids is 1. The molecule has 2 unspecified atom stereocenters. The Bertz CT molecular complexity index is 2020. The van der Waals surface area contributed by atoms with Crippen molar-refractivity contribution in [3.63, 3.8) is 0 Å². The van der Waals surface area contributed by atoms with Crippen LogP contribution in [0.2, 0.25) is 0 Å². The molecule has 1 amide bonds. The molecule has 2 saturated heterocycles. The molecule has 2 aliphatic rings. The number of morpholine rings is 1. The number of aromatic nitrogens is 4. The van der Waals surface area contributed by atoms with E-state index in [2.05, 4.69) is 4.98 Å². The number of hydrogen-bond donors (Lipinski definition) is 0. The number of benzene rings is 2. The van der Waals surface area contributed by atoms with Gasteiger partial charge in [-0.3, -0.25) is 13.9 Å². The van der Waals surface area contributed by atoms with Crippen molar-refractivity contribution in [1.82, 2.24) is 23.8 Å². The third-order valence-corrected chi connectivity index (χ3v) is 10.8. The molecular formula is C34H35FN6O5S2. The molecule has 2 fully saturated rings. The number of carbonyl (C=O) groups is 1. The molecular weight excluding hydrogens is 656 g/mol. The molecule has 3 aromatic heterocycles. The van der Waals surface area contributed by atoms with Crippen LogP contribution in [0.15, 0.2) is 71.8 Å². The lowest BCUT2D eigenvalue weighted by Gasteiger charge is -2.35. The minimum absolute atomic E-state index is 0.00479. The summed E-state index contributed by atoms with van der Waals surface area (Å²) < 4.78 is 43.4. The normalized spacial score (nSPS) is 19.7. The van der Waals surface area contributed by atoms with Gasteiger partial charge in [0.1, 0.15) is 40.8 Å². The average Bonchev–Trinajstić information content (AvgIpc) is 3.80. The van der Waals surface area contributed by atoms with E-state index < -0.39 is 16.5 Å². The number of rotatable bonds is 9. The standard InChI is InChI=1S/C34H35FN6O5S2/c1-22-17-38(18-23(2)46-22)29(42)20-39-19-28(40-13-6-14-48(40)44)41-33(43)31(45-21-25-7-4-3-5-8-25)30(37-34(39)41)32-36-16-27(47-32)15-24-9-11-26(35)12-10-24/h3-5,7-12,16,19,22-23H,6,13-15,17-18,20-21H2,1-2H3/t22-,23?,48?/m0/s1. The first-order valence-electron chi connectivity index (χ1n) is 15.8. The summed E-state index contributed by atoms with van der Waals surface area (Å²) in [6.07, 6.45) is 4.42. The van der Waals surface area contributed by atoms with E-state index in [1.54, 1.807) is 38.3 Å². The van der Waals surface area contributed by atoms with Crippen LogP contribution in [0.1, 0.15) is 36.3 Å². The fourth-order valence-corrected chi connectivity index (χ4v) is 8.34. The van der Waals surface area contributed by atoms with Gasteiger partial charge in [-0.05, 0) is 43.5 Å². The summed E-state index contributed by atoms with van der Waals surface area (Å²) in [5.74, 6) is 0.645. The van der Waals surface area contributed by atoms with Crippen molar-refractivity contribution in [2.45, 2.75) is 52.0 Å². The van der Waals surface area contributed by atoms with Crippen molar-refractivity contribution in [2.24, 2.45) is 0 Å². The highest BCUT2D eigenvalue weighted by molar-refractivity contribution is 7.86. The lowest BCUT2D eigenvalue weighted by atomic mass is 10.1. The molecule has 5 aromatic rings. The van der Waals surface area contributed by atoms with Crippen molar-refractivity contribution >= 4 is 39.8 Å². The minimum Gasteiger partial charge on any atom is -0.481 e. The third-order valence-electron chi connectivity index (χ3n) is 8.31. The van der Waals surface area contributed by atoms with E-state index in [4.69, 9.17) is 14.5 Å². The van der Waals surface area contributed by atoms with Crippen LogP contribution < -0.4 is 14.6 Å². The van der Waals surface area contributed by atoms with E-state index in [0.29, 0.717) is 49.1 Å². The van der Waals surface area contributed by atoms with Gasteiger partial charge in [0, 0.05) is 49.1 Å². The molecule has 48 heavy (non-hydrogen) atoms. The summed E-state index contributed by atoms with van der Waals surface area (Å²) in [7, 11) is -1.34. The average molecular weight is 691 g/mol. The number of ether oxygens (including phenoxy) is 2. The molecule has 11 nitrogen and oxygen atoms in total. The third kappa shape index (κ3) is 6.64. The van der Waals surface area contributed by atoms with Gasteiger partial charge in [0.2, 0.25) is 17.4 Å². The van der Waals surface area contributed by atoms with E-state index in [9.17, 15) is 18.2 Å². The summed E-state index contributed by atoms with van der Waals surface area (Å²) in [5.41, 5.74) is 1.54. The number of anilines is 1. The molecule has 5 heterocycles. The zero-order chi connectivity index (χ0) is 33.4. The second-order valence-electron chi connectivity index (χ2n) is 12.1. The first-order chi connectivity index (χ1) is 23.2. The van der Waals surface area contributed by atoms with Gasteiger partial charge in [0.05, 0.1) is 12.2 Å². The van der Waals surface area contributed by atoms with E-state index in [0.717, 1.165) is 16.0 Å². The number of hydrogen-bond acceptors (Lipinski definition) is 8. The van der Waals surface area contributed by atoms with Gasteiger partial charge in [0.15, 0.2) is 5.69 Å². The van der Waals surface area contributed by atoms with Crippen LogP contribution in [0.5, 0.6) is 5.75 Å². The van der Waals surface area contributed by atoms with Crippen LogP contribution >= 0.6 is 11.3 Å². The maximum absolute atomic E-state index is 14.5. The Balaban J connectivity index is 1.34. The van der Waals surface area contributed by atoms with Crippen molar-refractivity contribution < 1.29 is 22.9 Å². The predicted molar refractivity (Wildman–Crippen MR) is 182 cm³/mol. The van der Waals surface area contributed by atoms with E-state index >= 15 is 0 Å². The van der Waals surface area contributed by atoms with Gasteiger partial charge in [0.25, 0.3) is 0 Å². The number of imidazole rings is 1. The number of nitrogens with zero attached hydrogens (tertiary/aromatic N) is 6. The molecule has 0 N–H and O–H groups in total. The Morgan fingerprint density at radius 1 is 1.08 bits per heavy atom. The Morgan fingerprint density at radius 3 is 2.54 bits per heavy atom. The van der Waals surface area contributed by atoms with Crippen LogP contribution in [0.25, 0.3) is 16.5 Å². The molecule has 0 bridgehead atoms. The quantitative estimate of drug-likeness (QED) is 0.225. The molecule has 2 aromatic carbocycles. The lowest BCUT2D eigenvalue weighted by Crippen LogP contribution is -2.49. The second-order valence-corrected chi connectivity index (χ2v) is 14.7. The smallest absolute Gasteiger partial charge is 0.303 e. The minimum atomic E-state index is -1.34. The zero-order valence-electron chi connectivity index (χ0n) is 26.6. The SMILES string of the molecule is CC1CN(C(=O)Cn2cc(N3CCCS3=O)n3c(=O)c(OCc4ccccc4)c(-c4ncc(Cc5ccc(F)cc5)s4)nc23)C[C@H](C)O1. The van der Waals surface area contributed by atoms with Crippen molar-refractivity contribution in [1.29, 1.82) is 0 Å². The summed E-state index contributed by atoms with van der Waals surface area (Å²) in [5, 5.41) is 0.468. The van der Waals surface area contributed by atoms with Gasteiger partial charge in [-0.1, -0.05) is 42.5 Å². The lowest BCUT2D eigenvalue weighted by molar-refractivity contribution is -0.143. The number of halogens is 1. The first-order valence-corrected chi connectivity index (χ1v) is 17.9. The van der Waals surface area contributed by atoms with Crippen molar-refractivity contribution in [3.8, 4) is 16.5 Å². The Morgan fingerprint density at radius 2 is 1.83 bits per heavy atom. The van der Waals surface area contributed by atoms with Crippen molar-refractivity contribution in [3.05, 3.63) is 99.2 Å². The highest BCUT2D eigenvalue weighted by atomic mass is 32.2. The van der Waals surface area contributed by atoms with Gasteiger partial charge in [-0.2, -0.15) is 0 Å². The van der Waals surface area contributed by atoms with Crippen LogP contribution in [0.3, 0.4) is 0 Å². The maximum atomic E-state index is 14.5. The number of amides is 1. The molecule has 250 valence electrons. The fourth-order valence-electron chi connectivity index (χ4n) is 6.14. The predicted octanol–water partition coefficient (Wildman–Crippen LogP) is 4.44. The van der Waals surface area contributed by atoms with Crippen molar-refractivity contribution in [2.75, 3.05) is 29.7 Å². The summed E-state index contributed by atoms with van der Waals surface area (Å²) in [6, 6.07) is 15.8. The van der Waals surface area contributed by atoms with Crippen LogP contribution in [0, 0.1) is 5.82 Å². The molecule has 2 aliphatic heterocycles. The number of thiazole rings is 1. The van der Waals surface area contributed by atoms with Crippen LogP contribution in [-0.2, 0) is 40.1 Å². The second kappa shape index (κ2) is 13.6. The van der Waals surface area contributed by atoms with E-state index in [1.807, 2.05) is 44.2 Å². The molecule has 0 saturated carbocycles. The highest BCUT2D eigenvalue weighted by Crippen LogP contribution is 2.33. The topological polar surface area (TPSA) is 111 Å². The molecule has 14 heteroatoms. The maximum Gasteiger partial charge on any atom is 0.303 e. The largest absolute Gasteiger partial charge is 0.481 e. The Labute approximate surface area is 283 Å². The summed E-state index contributed by atoms with van der Waals surface area (Å²) in [6.45, 7) is 5.31. The Hall–Kier alpha value is -4.40. The molecule has 3 atom stereocenters. The van der Waals surface area contributed by atoms with Gasteiger partial charge in [-0.25, -0.2) is 23.0 Å². The van der Waals surface area contributed by atoms with Gasteiger partial charge >= 0.3 is 5.56 Å².